The molecule has 0 amide bonds. The van der Waals surface area contributed by atoms with E-state index in [4.69, 9.17) is 0 Å². The summed E-state index contributed by atoms with van der Waals surface area (Å²) in [5.41, 5.74) is 0.395. The van der Waals surface area contributed by atoms with Crippen molar-refractivity contribution in [2.75, 3.05) is 24.6 Å². The van der Waals surface area contributed by atoms with Crippen molar-refractivity contribution in [2.24, 2.45) is 0 Å². The van der Waals surface area contributed by atoms with Gasteiger partial charge in [0.2, 0.25) is 0 Å². The van der Waals surface area contributed by atoms with E-state index in [1.54, 1.807) is 0 Å². The van der Waals surface area contributed by atoms with Gasteiger partial charge in [0, 0.05) is 30.1 Å². The van der Waals surface area contributed by atoms with Crippen LogP contribution in [0.15, 0.2) is 12.7 Å². The van der Waals surface area contributed by atoms with Crippen molar-refractivity contribution < 1.29 is 0 Å². The minimum absolute atomic E-state index is 0.395. The molecule has 12 heavy (non-hydrogen) atoms. The zero-order chi connectivity index (χ0) is 9.03. The Morgan fingerprint density at radius 3 is 2.92 bits per heavy atom. The van der Waals surface area contributed by atoms with Crippen LogP contribution in [-0.2, 0) is 0 Å². The normalized spacial score (nSPS) is 23.8. The van der Waals surface area contributed by atoms with Crippen molar-refractivity contribution in [3.05, 3.63) is 12.7 Å². The van der Waals surface area contributed by atoms with Crippen molar-refractivity contribution in [3.63, 3.8) is 0 Å². The lowest BCUT2D eigenvalue weighted by molar-refractivity contribution is 0.147. The highest BCUT2D eigenvalue weighted by atomic mass is 32.2. The maximum atomic E-state index is 3.76. The minimum atomic E-state index is 0.395. The fourth-order valence-electron chi connectivity index (χ4n) is 1.55. The molecule has 0 aliphatic carbocycles. The highest BCUT2D eigenvalue weighted by molar-refractivity contribution is 7.99. The molecule has 1 nitrogen and oxygen atoms in total. The topological polar surface area (TPSA) is 3.24 Å². The van der Waals surface area contributed by atoms with Gasteiger partial charge in [0.05, 0.1) is 0 Å². The first kappa shape index (κ1) is 10.1. The van der Waals surface area contributed by atoms with Crippen molar-refractivity contribution >= 4 is 11.8 Å². The summed E-state index contributed by atoms with van der Waals surface area (Å²) in [4.78, 5) is 2.57. The first-order chi connectivity index (χ1) is 5.67. The molecule has 1 aliphatic rings. The molecule has 0 aromatic rings. The van der Waals surface area contributed by atoms with Crippen LogP contribution >= 0.6 is 11.8 Å². The van der Waals surface area contributed by atoms with E-state index < -0.39 is 0 Å². The molecule has 0 aromatic carbocycles. The van der Waals surface area contributed by atoms with E-state index in [-0.39, 0.29) is 0 Å². The Bertz CT molecular complexity index is 154. The Balaban J connectivity index is 2.42. The number of hydrogen-bond acceptors (Lipinski definition) is 2. The van der Waals surface area contributed by atoms with Crippen LogP contribution in [0.2, 0.25) is 0 Å². The fourth-order valence-corrected chi connectivity index (χ4v) is 2.73. The van der Waals surface area contributed by atoms with Gasteiger partial charge in [-0.05, 0) is 20.3 Å². The van der Waals surface area contributed by atoms with Gasteiger partial charge in [-0.2, -0.15) is 11.8 Å². The Morgan fingerprint density at radius 1 is 1.58 bits per heavy atom. The van der Waals surface area contributed by atoms with Gasteiger partial charge in [-0.1, -0.05) is 6.08 Å². The number of rotatable bonds is 3. The van der Waals surface area contributed by atoms with Crippen LogP contribution in [0, 0.1) is 0 Å². The number of nitrogens with zero attached hydrogens (tertiary/aromatic N) is 1. The van der Waals surface area contributed by atoms with E-state index in [2.05, 4.69) is 37.1 Å². The molecule has 0 unspecified atom stereocenters. The minimum Gasteiger partial charge on any atom is -0.296 e. The lowest BCUT2D eigenvalue weighted by Gasteiger charge is -2.42. The molecule has 1 saturated heterocycles. The second kappa shape index (κ2) is 4.33. The third kappa shape index (κ3) is 2.53. The first-order valence-corrected chi connectivity index (χ1v) is 5.76. The standard InChI is InChI=1S/C10H19NS/c1-4-5-6-11-7-8-12-9-10(11,2)3/h4H,1,5-9H2,2-3H3. The van der Waals surface area contributed by atoms with Gasteiger partial charge in [-0.3, -0.25) is 4.90 Å². The van der Waals surface area contributed by atoms with Crippen LogP contribution in [-0.4, -0.2) is 35.0 Å². The van der Waals surface area contributed by atoms with Gasteiger partial charge < -0.3 is 0 Å². The van der Waals surface area contributed by atoms with Crippen molar-refractivity contribution in [2.45, 2.75) is 25.8 Å². The SMILES string of the molecule is C=CCCN1CCSCC1(C)C. The molecule has 1 rings (SSSR count). The predicted octanol–water partition coefficient (Wildman–Crippen LogP) is 2.39. The molecule has 1 fully saturated rings. The molecule has 1 aliphatic heterocycles. The summed E-state index contributed by atoms with van der Waals surface area (Å²) in [5.74, 6) is 2.56. The van der Waals surface area contributed by atoms with Gasteiger partial charge in [-0.15, -0.1) is 6.58 Å². The molecule has 1 heterocycles. The predicted molar refractivity (Wildman–Crippen MR) is 57.8 cm³/mol. The van der Waals surface area contributed by atoms with E-state index in [1.165, 1.54) is 24.6 Å². The van der Waals surface area contributed by atoms with E-state index in [0.717, 1.165) is 6.42 Å². The third-order valence-electron chi connectivity index (χ3n) is 2.42. The highest BCUT2D eigenvalue weighted by Crippen LogP contribution is 2.25. The Labute approximate surface area is 80.2 Å². The number of hydrogen-bond donors (Lipinski definition) is 0. The molecular weight excluding hydrogens is 166 g/mol. The third-order valence-corrected chi connectivity index (χ3v) is 3.80. The fraction of sp³-hybridized carbons (Fsp3) is 0.800. The molecule has 0 atom stereocenters. The van der Waals surface area contributed by atoms with E-state index in [9.17, 15) is 0 Å². The molecule has 0 bridgehead atoms. The lowest BCUT2D eigenvalue weighted by Crippen LogP contribution is -2.50. The Morgan fingerprint density at radius 2 is 2.33 bits per heavy atom. The second-order valence-electron chi connectivity index (χ2n) is 3.93. The maximum absolute atomic E-state index is 3.76. The molecule has 0 saturated carbocycles. The van der Waals surface area contributed by atoms with Crippen LogP contribution < -0.4 is 0 Å². The smallest absolute Gasteiger partial charge is 0.0244 e. The van der Waals surface area contributed by atoms with Crippen LogP contribution in [0.4, 0.5) is 0 Å². The van der Waals surface area contributed by atoms with Gasteiger partial charge in [-0.25, -0.2) is 0 Å². The summed E-state index contributed by atoms with van der Waals surface area (Å²) in [5, 5.41) is 0. The lowest BCUT2D eigenvalue weighted by atomic mass is 10.1. The van der Waals surface area contributed by atoms with Crippen LogP contribution in [0.1, 0.15) is 20.3 Å². The van der Waals surface area contributed by atoms with E-state index in [1.807, 2.05) is 6.08 Å². The summed E-state index contributed by atoms with van der Waals surface area (Å²) in [6.45, 7) is 10.9. The molecule has 0 N–H and O–H groups in total. The summed E-state index contributed by atoms with van der Waals surface area (Å²) in [6, 6.07) is 0. The zero-order valence-electron chi connectivity index (χ0n) is 8.18. The summed E-state index contributed by atoms with van der Waals surface area (Å²) in [7, 11) is 0. The van der Waals surface area contributed by atoms with Gasteiger partial charge >= 0.3 is 0 Å². The Hall–Kier alpha value is 0.0500. The molecular formula is C10H19NS. The van der Waals surface area contributed by atoms with Crippen LogP contribution in [0.3, 0.4) is 0 Å². The summed E-state index contributed by atoms with van der Waals surface area (Å²) < 4.78 is 0. The number of thioether (sulfide) groups is 1. The average molecular weight is 185 g/mol. The monoisotopic (exact) mass is 185 g/mol. The van der Waals surface area contributed by atoms with Gasteiger partial charge in [0.15, 0.2) is 0 Å². The first-order valence-electron chi connectivity index (χ1n) is 4.60. The van der Waals surface area contributed by atoms with Crippen molar-refractivity contribution in [3.8, 4) is 0 Å². The zero-order valence-corrected chi connectivity index (χ0v) is 8.99. The molecule has 0 spiro atoms. The van der Waals surface area contributed by atoms with Crippen molar-refractivity contribution in [1.82, 2.24) is 4.90 Å². The van der Waals surface area contributed by atoms with Crippen molar-refractivity contribution in [1.29, 1.82) is 0 Å². The van der Waals surface area contributed by atoms with E-state index in [0.29, 0.717) is 5.54 Å². The van der Waals surface area contributed by atoms with Crippen LogP contribution in [0.5, 0.6) is 0 Å². The second-order valence-corrected chi connectivity index (χ2v) is 5.03. The van der Waals surface area contributed by atoms with Crippen LogP contribution in [0.25, 0.3) is 0 Å². The quantitative estimate of drug-likeness (QED) is 0.621. The molecule has 0 radical (unpaired) electrons. The van der Waals surface area contributed by atoms with E-state index >= 15 is 0 Å². The van der Waals surface area contributed by atoms with Gasteiger partial charge in [0.25, 0.3) is 0 Å². The maximum Gasteiger partial charge on any atom is 0.0244 e. The average Bonchev–Trinajstić information content (AvgIpc) is 2.02. The molecule has 70 valence electrons. The molecule has 2 heteroatoms. The Kier molecular flexibility index (Phi) is 3.66. The summed E-state index contributed by atoms with van der Waals surface area (Å²) in [6.07, 6.45) is 3.13. The van der Waals surface area contributed by atoms with Gasteiger partial charge in [0.1, 0.15) is 0 Å². The molecule has 0 aromatic heterocycles. The largest absolute Gasteiger partial charge is 0.296 e. The highest BCUT2D eigenvalue weighted by Gasteiger charge is 2.28. The summed E-state index contributed by atoms with van der Waals surface area (Å²) >= 11 is 2.07.